The average Bonchev–Trinajstić information content (AvgIpc) is 2.92. The van der Waals surface area contributed by atoms with Gasteiger partial charge in [0.15, 0.2) is 0 Å². The molecule has 2 aromatic carbocycles. The Hall–Kier alpha value is -2.20. The average molecular weight is 479 g/mol. The van der Waals surface area contributed by atoms with Crippen LogP contribution in [0, 0.1) is 0 Å². The van der Waals surface area contributed by atoms with E-state index in [1.54, 1.807) is 6.07 Å². The van der Waals surface area contributed by atoms with Crippen LogP contribution in [0.5, 0.6) is 5.75 Å². The molecule has 0 saturated carbocycles. The molecule has 1 aliphatic rings. The Morgan fingerprint density at radius 2 is 2.06 bits per heavy atom. The minimum atomic E-state index is -1.70. The van der Waals surface area contributed by atoms with Gasteiger partial charge in [0, 0.05) is 24.8 Å². The first kappa shape index (κ1) is 24.4. The summed E-state index contributed by atoms with van der Waals surface area (Å²) in [6.07, 6.45) is 4.09. The lowest BCUT2D eigenvalue weighted by Gasteiger charge is -2.30. The second-order valence-electron chi connectivity index (χ2n) is 7.26. The molecule has 0 radical (unpaired) electrons. The van der Waals surface area contributed by atoms with Crippen LogP contribution in [0.3, 0.4) is 0 Å². The summed E-state index contributed by atoms with van der Waals surface area (Å²) in [4.78, 5) is 14.2. The first-order chi connectivity index (χ1) is 15.4. The van der Waals surface area contributed by atoms with Crippen LogP contribution in [0.1, 0.15) is 26.7 Å². The molecule has 2 atom stereocenters. The predicted molar refractivity (Wildman–Crippen MR) is 127 cm³/mol. The number of halogens is 1. The Morgan fingerprint density at radius 3 is 2.66 bits per heavy atom. The number of thioether (sulfide) groups is 1. The van der Waals surface area contributed by atoms with Crippen molar-refractivity contribution in [3.05, 3.63) is 54.6 Å². The summed E-state index contributed by atoms with van der Waals surface area (Å²) in [6, 6.07) is 13.5. The number of carboxylic acid groups (broad SMARTS) is 1. The van der Waals surface area contributed by atoms with Crippen molar-refractivity contribution >= 4 is 40.5 Å². The highest BCUT2D eigenvalue weighted by atomic mass is 32.2. The van der Waals surface area contributed by atoms with Gasteiger partial charge in [0.2, 0.25) is 10.7 Å². The molecule has 0 amide bonds. The highest BCUT2D eigenvalue weighted by molar-refractivity contribution is 7.98. The largest absolute Gasteiger partial charge is 0.593 e. The highest BCUT2D eigenvalue weighted by Gasteiger charge is 2.38. The van der Waals surface area contributed by atoms with Crippen molar-refractivity contribution in [3.63, 3.8) is 0 Å². The van der Waals surface area contributed by atoms with E-state index in [4.69, 9.17) is 9.84 Å². The van der Waals surface area contributed by atoms with Gasteiger partial charge in [0.25, 0.3) is 0 Å². The normalized spacial score (nSPS) is 19.4. The number of ether oxygens (including phenoxy) is 1. The molecule has 0 saturated heterocycles. The third-order valence-electron chi connectivity index (χ3n) is 5.21. The van der Waals surface area contributed by atoms with E-state index >= 15 is 0 Å². The van der Waals surface area contributed by atoms with Crippen molar-refractivity contribution < 1.29 is 23.6 Å². The number of hydrogen-bond donors (Lipinski definition) is 1. The fourth-order valence-electron chi connectivity index (χ4n) is 3.63. The van der Waals surface area contributed by atoms with E-state index < -0.39 is 23.2 Å². The number of carboxylic acids is 1. The second kappa shape index (κ2) is 11.1. The summed E-state index contributed by atoms with van der Waals surface area (Å²) in [5.41, 5.74) is 1.78. The van der Waals surface area contributed by atoms with Crippen LogP contribution >= 0.6 is 11.8 Å². The zero-order valence-electron chi connectivity index (χ0n) is 18.3. The Bertz CT molecular complexity index is 974. The van der Waals surface area contributed by atoms with Gasteiger partial charge >= 0.3 is 5.97 Å². The molecule has 0 spiro atoms. The lowest BCUT2D eigenvalue weighted by molar-refractivity contribution is -0.134. The molecule has 6 nitrogen and oxygen atoms in total. The van der Waals surface area contributed by atoms with Gasteiger partial charge in [0.05, 0.1) is 22.3 Å². The van der Waals surface area contributed by atoms with E-state index in [1.807, 2.05) is 47.0 Å². The maximum atomic E-state index is 13.7. The van der Waals surface area contributed by atoms with Crippen molar-refractivity contribution in [2.75, 3.05) is 24.2 Å². The van der Waals surface area contributed by atoms with E-state index in [0.29, 0.717) is 29.1 Å². The van der Waals surface area contributed by atoms with Gasteiger partial charge in [-0.25, -0.2) is 4.79 Å². The van der Waals surface area contributed by atoms with Gasteiger partial charge < -0.3 is 19.3 Å². The first-order valence-electron chi connectivity index (χ1n) is 10.4. The summed E-state index contributed by atoms with van der Waals surface area (Å²) in [5, 5.41) is 8.78. The fraction of sp³-hybridized carbons (Fsp3) is 0.348. The fourth-order valence-corrected chi connectivity index (χ4v) is 5.81. The monoisotopic (exact) mass is 478 g/mol. The number of fused-ring (bicyclic) bond motifs is 1. The number of nitrogens with zero attached hydrogens (tertiary/aromatic N) is 2. The van der Waals surface area contributed by atoms with Crippen molar-refractivity contribution in [1.29, 1.82) is 0 Å². The van der Waals surface area contributed by atoms with Crippen LogP contribution in [0.15, 0.2) is 64.3 Å². The zero-order chi connectivity index (χ0) is 23.3. The van der Waals surface area contributed by atoms with Gasteiger partial charge in [-0.2, -0.15) is 4.39 Å². The third-order valence-corrected chi connectivity index (χ3v) is 7.58. The number of hydrogen-bond acceptors (Lipinski definition) is 6. The maximum absolute atomic E-state index is 13.7. The lowest BCUT2D eigenvalue weighted by atomic mass is 10.1. The molecule has 0 aliphatic carbocycles. The summed E-state index contributed by atoms with van der Waals surface area (Å²) in [5.74, 6) is -2.85. The Labute approximate surface area is 195 Å². The second-order valence-corrected chi connectivity index (χ2v) is 9.51. The van der Waals surface area contributed by atoms with Gasteiger partial charge in [0.1, 0.15) is 17.7 Å². The number of rotatable bonds is 8. The van der Waals surface area contributed by atoms with E-state index in [-0.39, 0.29) is 11.8 Å². The molecular weight excluding hydrogens is 451 g/mol. The first-order valence-corrected chi connectivity index (χ1v) is 12.7. The lowest BCUT2D eigenvalue weighted by Crippen LogP contribution is -2.43. The van der Waals surface area contributed by atoms with Crippen LogP contribution in [-0.4, -0.2) is 45.3 Å². The van der Waals surface area contributed by atoms with E-state index in [1.165, 1.54) is 11.8 Å². The molecule has 3 rings (SSSR count). The molecule has 1 N–H and O–H groups in total. The standard InChI is InChI=1S/C23H27FN2O4S2/c1-4-11-26-16(5-2)14-25(17-9-7-6-8-10-17)19-12-21(31-3)20(13-22(19)32(26)29)30-15-18(24)23(27)28/h6-10,12-13,15-16H,4-5,11,14H2,1-3H3,(H,27,28)/b18-15-/t16-,32?/m0/s1. The molecular formula is C23H27FN2O4S2. The molecule has 0 bridgehead atoms. The predicted octanol–water partition coefficient (Wildman–Crippen LogP) is 5.35. The van der Waals surface area contributed by atoms with Crippen molar-refractivity contribution in [3.8, 4) is 5.75 Å². The summed E-state index contributed by atoms with van der Waals surface area (Å²) in [7, 11) is 0. The molecule has 0 aromatic heterocycles. The number of carbonyl (C=O) groups is 1. The van der Waals surface area contributed by atoms with E-state index in [0.717, 1.165) is 24.2 Å². The van der Waals surface area contributed by atoms with Gasteiger partial charge in [-0.15, -0.1) is 16.1 Å². The Morgan fingerprint density at radius 1 is 1.34 bits per heavy atom. The Balaban J connectivity index is 2.17. The van der Waals surface area contributed by atoms with E-state index in [2.05, 4.69) is 18.7 Å². The van der Waals surface area contributed by atoms with Gasteiger partial charge in [-0.3, -0.25) is 0 Å². The molecule has 2 aromatic rings. The molecule has 1 heterocycles. The van der Waals surface area contributed by atoms with Crippen molar-refractivity contribution in [1.82, 2.24) is 4.31 Å². The van der Waals surface area contributed by atoms with Crippen LogP contribution in [0.2, 0.25) is 0 Å². The molecule has 1 unspecified atom stereocenters. The summed E-state index contributed by atoms with van der Waals surface area (Å²) < 4.78 is 34.6. The van der Waals surface area contributed by atoms with Gasteiger partial charge in [-0.05, 0) is 37.3 Å². The van der Waals surface area contributed by atoms with Crippen LogP contribution in [-0.2, 0) is 16.2 Å². The van der Waals surface area contributed by atoms with Crippen LogP contribution in [0.25, 0.3) is 0 Å². The molecule has 1 aliphatic heterocycles. The van der Waals surface area contributed by atoms with E-state index in [9.17, 15) is 13.7 Å². The SMILES string of the molecule is CCCN1[C@@H](CC)CN(c2ccccc2)c2cc(SC)c(O/C=C(\F)C(=O)O)cc2[S+]1[O-]. The summed E-state index contributed by atoms with van der Waals surface area (Å²) in [6.45, 7) is 5.47. The van der Waals surface area contributed by atoms with Crippen LogP contribution < -0.4 is 9.64 Å². The zero-order valence-corrected chi connectivity index (χ0v) is 19.9. The van der Waals surface area contributed by atoms with Gasteiger partial charge in [-0.1, -0.05) is 32.0 Å². The summed E-state index contributed by atoms with van der Waals surface area (Å²) >= 11 is -0.0787. The maximum Gasteiger partial charge on any atom is 0.368 e. The number of anilines is 2. The van der Waals surface area contributed by atoms with Crippen molar-refractivity contribution in [2.45, 2.75) is 42.5 Å². The minimum absolute atomic E-state index is 0.0647. The topological polar surface area (TPSA) is 76.1 Å². The molecule has 32 heavy (non-hydrogen) atoms. The quantitative estimate of drug-likeness (QED) is 0.237. The smallest absolute Gasteiger partial charge is 0.368 e. The number of aliphatic carboxylic acids is 1. The van der Waals surface area contributed by atoms with Crippen LogP contribution in [0.4, 0.5) is 15.8 Å². The molecule has 9 heteroatoms. The Kier molecular flexibility index (Phi) is 8.47. The highest BCUT2D eigenvalue weighted by Crippen LogP contribution is 2.43. The van der Waals surface area contributed by atoms with Crippen molar-refractivity contribution in [2.24, 2.45) is 0 Å². The minimum Gasteiger partial charge on any atom is -0.593 e. The molecule has 0 fully saturated rings. The number of benzene rings is 2. The number of para-hydroxylation sites is 1. The third kappa shape index (κ3) is 5.23. The molecule has 172 valence electrons.